The number of thioether (sulfide) groups is 2. The molecule has 1 aliphatic heterocycles. The molecule has 0 bridgehead atoms. The van der Waals surface area contributed by atoms with E-state index in [9.17, 15) is 0 Å². The maximum Gasteiger partial charge on any atom is 0.0186 e. The van der Waals surface area contributed by atoms with E-state index in [4.69, 9.17) is 0 Å². The molecule has 3 heteroatoms. The van der Waals surface area contributed by atoms with Crippen LogP contribution in [0.3, 0.4) is 0 Å². The molecule has 2 atom stereocenters. The molecule has 0 radical (unpaired) electrons. The monoisotopic (exact) mass is 259 g/mol. The first-order valence-electron chi connectivity index (χ1n) is 6.70. The van der Waals surface area contributed by atoms with Crippen molar-refractivity contribution < 1.29 is 0 Å². The number of rotatable bonds is 3. The zero-order valence-electron chi connectivity index (χ0n) is 10.6. The fourth-order valence-electron chi connectivity index (χ4n) is 2.91. The SMILES string of the molecule is CSC1CCC(NC2CCCSC2C)CC1. The second-order valence-corrected chi connectivity index (χ2v) is 7.82. The topological polar surface area (TPSA) is 12.0 Å². The molecule has 2 fully saturated rings. The van der Waals surface area contributed by atoms with Crippen molar-refractivity contribution >= 4 is 23.5 Å². The summed E-state index contributed by atoms with van der Waals surface area (Å²) in [7, 11) is 0. The van der Waals surface area contributed by atoms with Crippen LogP contribution in [-0.2, 0) is 0 Å². The minimum atomic E-state index is 0.787. The molecular formula is C13H25NS2. The van der Waals surface area contributed by atoms with E-state index in [0.29, 0.717) is 0 Å². The third kappa shape index (κ3) is 3.58. The molecule has 0 aromatic rings. The van der Waals surface area contributed by atoms with Gasteiger partial charge in [0.1, 0.15) is 0 Å². The molecule has 2 unspecified atom stereocenters. The number of hydrogen-bond donors (Lipinski definition) is 1. The molecule has 1 saturated heterocycles. The van der Waals surface area contributed by atoms with Crippen molar-refractivity contribution in [3.8, 4) is 0 Å². The van der Waals surface area contributed by atoms with Gasteiger partial charge in [-0.3, -0.25) is 0 Å². The molecule has 1 aliphatic carbocycles. The molecule has 1 heterocycles. The summed E-state index contributed by atoms with van der Waals surface area (Å²) in [5.74, 6) is 1.37. The first-order chi connectivity index (χ1) is 7.79. The first kappa shape index (κ1) is 13.1. The van der Waals surface area contributed by atoms with Gasteiger partial charge in [-0.2, -0.15) is 23.5 Å². The van der Waals surface area contributed by atoms with Gasteiger partial charge in [0.05, 0.1) is 0 Å². The molecule has 1 nitrogen and oxygen atoms in total. The Morgan fingerprint density at radius 1 is 1.12 bits per heavy atom. The molecule has 2 aliphatic rings. The van der Waals surface area contributed by atoms with Crippen LogP contribution in [0.5, 0.6) is 0 Å². The van der Waals surface area contributed by atoms with Crippen LogP contribution in [0.1, 0.15) is 45.4 Å². The summed E-state index contributed by atoms with van der Waals surface area (Å²) in [6.45, 7) is 2.40. The van der Waals surface area contributed by atoms with E-state index < -0.39 is 0 Å². The highest BCUT2D eigenvalue weighted by atomic mass is 32.2. The lowest BCUT2D eigenvalue weighted by Gasteiger charge is -2.36. The van der Waals surface area contributed by atoms with Crippen LogP contribution in [0.15, 0.2) is 0 Å². The van der Waals surface area contributed by atoms with Crippen molar-refractivity contribution in [3.63, 3.8) is 0 Å². The zero-order chi connectivity index (χ0) is 11.4. The number of nitrogens with one attached hydrogen (secondary N) is 1. The van der Waals surface area contributed by atoms with Gasteiger partial charge in [-0.25, -0.2) is 0 Å². The van der Waals surface area contributed by atoms with E-state index in [2.05, 4.69) is 42.0 Å². The summed E-state index contributed by atoms with van der Waals surface area (Å²) in [5, 5.41) is 5.69. The second-order valence-electron chi connectivity index (χ2n) is 5.20. The van der Waals surface area contributed by atoms with Crippen LogP contribution in [0.4, 0.5) is 0 Å². The van der Waals surface area contributed by atoms with Crippen molar-refractivity contribution in [1.29, 1.82) is 0 Å². The minimum absolute atomic E-state index is 0.787. The van der Waals surface area contributed by atoms with E-state index in [1.54, 1.807) is 0 Å². The van der Waals surface area contributed by atoms with Crippen molar-refractivity contribution in [1.82, 2.24) is 5.32 Å². The van der Waals surface area contributed by atoms with Crippen molar-refractivity contribution in [2.45, 2.75) is 68.0 Å². The average molecular weight is 259 g/mol. The Morgan fingerprint density at radius 3 is 2.50 bits per heavy atom. The van der Waals surface area contributed by atoms with Gasteiger partial charge in [0.2, 0.25) is 0 Å². The Balaban J connectivity index is 1.73. The highest BCUT2D eigenvalue weighted by Gasteiger charge is 2.26. The molecule has 0 spiro atoms. The van der Waals surface area contributed by atoms with Crippen LogP contribution in [0.2, 0.25) is 0 Å². The first-order valence-corrected chi connectivity index (χ1v) is 9.03. The molecule has 1 saturated carbocycles. The Morgan fingerprint density at radius 2 is 1.88 bits per heavy atom. The van der Waals surface area contributed by atoms with Gasteiger partial charge < -0.3 is 5.32 Å². The lowest BCUT2D eigenvalue weighted by Crippen LogP contribution is -2.46. The zero-order valence-corrected chi connectivity index (χ0v) is 12.2. The summed E-state index contributed by atoms with van der Waals surface area (Å²) in [6.07, 6.45) is 10.7. The van der Waals surface area contributed by atoms with Gasteiger partial charge >= 0.3 is 0 Å². The van der Waals surface area contributed by atoms with Gasteiger partial charge in [-0.1, -0.05) is 6.92 Å². The number of hydrogen-bond acceptors (Lipinski definition) is 3. The van der Waals surface area contributed by atoms with Crippen LogP contribution < -0.4 is 5.32 Å². The third-order valence-electron chi connectivity index (χ3n) is 4.06. The van der Waals surface area contributed by atoms with Gasteiger partial charge in [-0.15, -0.1) is 0 Å². The molecule has 16 heavy (non-hydrogen) atoms. The van der Waals surface area contributed by atoms with E-state index in [0.717, 1.165) is 22.6 Å². The summed E-state index contributed by atoms with van der Waals surface area (Å²) in [4.78, 5) is 0. The minimum Gasteiger partial charge on any atom is -0.310 e. The van der Waals surface area contributed by atoms with Gasteiger partial charge in [0.25, 0.3) is 0 Å². The Labute approximate surface area is 109 Å². The summed E-state index contributed by atoms with van der Waals surface area (Å²) in [5.41, 5.74) is 0. The highest BCUT2D eigenvalue weighted by Crippen LogP contribution is 2.30. The maximum atomic E-state index is 3.92. The van der Waals surface area contributed by atoms with Crippen molar-refractivity contribution in [2.24, 2.45) is 0 Å². The Bertz CT molecular complexity index is 202. The quantitative estimate of drug-likeness (QED) is 0.833. The lowest BCUT2D eigenvalue weighted by atomic mass is 9.93. The molecule has 0 aromatic heterocycles. The maximum absolute atomic E-state index is 3.92. The van der Waals surface area contributed by atoms with E-state index in [1.165, 1.54) is 44.3 Å². The lowest BCUT2D eigenvalue weighted by molar-refractivity contribution is 0.326. The molecule has 1 N–H and O–H groups in total. The predicted molar refractivity (Wildman–Crippen MR) is 77.6 cm³/mol. The van der Waals surface area contributed by atoms with Crippen LogP contribution in [-0.4, -0.2) is 34.6 Å². The second kappa shape index (κ2) is 6.55. The van der Waals surface area contributed by atoms with Crippen LogP contribution in [0, 0.1) is 0 Å². The van der Waals surface area contributed by atoms with E-state index in [-0.39, 0.29) is 0 Å². The highest BCUT2D eigenvalue weighted by molar-refractivity contribution is 8.00. The molecule has 94 valence electrons. The Hall–Kier alpha value is 0.660. The fraction of sp³-hybridized carbons (Fsp3) is 1.00. The Kier molecular flexibility index (Phi) is 5.37. The van der Waals surface area contributed by atoms with Crippen LogP contribution >= 0.6 is 23.5 Å². The molecule has 0 aromatic carbocycles. The molecule has 0 amide bonds. The molecular weight excluding hydrogens is 234 g/mol. The predicted octanol–water partition coefficient (Wildman–Crippen LogP) is 3.53. The van der Waals surface area contributed by atoms with E-state index >= 15 is 0 Å². The standard InChI is InChI=1S/C13H25NS2/c1-10-13(4-3-9-16-10)14-11-5-7-12(15-2)8-6-11/h10-14H,3-9H2,1-2H3. The van der Waals surface area contributed by atoms with Crippen molar-refractivity contribution in [2.75, 3.05) is 12.0 Å². The van der Waals surface area contributed by atoms with Crippen LogP contribution in [0.25, 0.3) is 0 Å². The molecule has 2 rings (SSSR count). The smallest absolute Gasteiger partial charge is 0.0186 e. The van der Waals surface area contributed by atoms with Crippen molar-refractivity contribution in [3.05, 3.63) is 0 Å². The largest absolute Gasteiger partial charge is 0.310 e. The average Bonchev–Trinajstić information content (AvgIpc) is 2.33. The van der Waals surface area contributed by atoms with Gasteiger partial charge in [-0.05, 0) is 50.5 Å². The van der Waals surface area contributed by atoms with Gasteiger partial charge in [0.15, 0.2) is 0 Å². The fourth-order valence-corrected chi connectivity index (χ4v) is 4.81. The normalized spacial score (nSPS) is 40.9. The van der Waals surface area contributed by atoms with Gasteiger partial charge in [0, 0.05) is 22.6 Å². The third-order valence-corrected chi connectivity index (χ3v) is 6.58. The summed E-state index contributed by atoms with van der Waals surface area (Å²) in [6, 6.07) is 1.60. The van der Waals surface area contributed by atoms with E-state index in [1.807, 2.05) is 0 Å². The summed E-state index contributed by atoms with van der Waals surface area (Å²) >= 11 is 4.22. The summed E-state index contributed by atoms with van der Waals surface area (Å²) < 4.78 is 0.